The Labute approximate surface area is 187 Å². The minimum Gasteiger partial charge on any atom is -0.497 e. The van der Waals surface area contributed by atoms with Crippen LogP contribution in [-0.4, -0.2) is 64.8 Å². The van der Waals surface area contributed by atoms with Gasteiger partial charge in [0.2, 0.25) is 5.72 Å². The van der Waals surface area contributed by atoms with Crippen molar-refractivity contribution in [2.75, 3.05) is 33.9 Å². The maximum absolute atomic E-state index is 6.34. The van der Waals surface area contributed by atoms with E-state index in [0.717, 1.165) is 66.6 Å². The molecular formula is C24H27N5O3. The molecule has 0 N–H and O–H groups in total. The fourth-order valence-electron chi connectivity index (χ4n) is 5.39. The van der Waals surface area contributed by atoms with E-state index in [2.05, 4.69) is 27.1 Å². The predicted octanol–water partition coefficient (Wildman–Crippen LogP) is 2.97. The molecule has 1 atom stereocenters. The Hall–Kier alpha value is -3.26. The maximum Gasteiger partial charge on any atom is 0.227 e. The van der Waals surface area contributed by atoms with Crippen molar-refractivity contribution in [3.63, 3.8) is 0 Å². The second-order valence-corrected chi connectivity index (χ2v) is 8.76. The lowest BCUT2D eigenvalue weighted by Gasteiger charge is -2.53. The molecule has 166 valence electrons. The SMILES string of the molecule is COc1ccc(CN2C(c3cc4ccccn4n3)=NO[C@@]23CN2CCC3CC2)c(OC)c1. The van der Waals surface area contributed by atoms with Crippen LogP contribution in [0.25, 0.3) is 5.52 Å². The number of piperidine rings is 3. The molecule has 1 aromatic carbocycles. The minimum atomic E-state index is -0.480. The highest BCUT2D eigenvalue weighted by molar-refractivity contribution is 5.99. The van der Waals surface area contributed by atoms with E-state index in [4.69, 9.17) is 19.4 Å². The molecule has 3 fully saturated rings. The lowest BCUT2D eigenvalue weighted by atomic mass is 9.79. The van der Waals surface area contributed by atoms with Crippen LogP contribution in [0.1, 0.15) is 24.1 Å². The van der Waals surface area contributed by atoms with Gasteiger partial charge in [-0.3, -0.25) is 4.90 Å². The zero-order chi connectivity index (χ0) is 21.7. The molecule has 2 aromatic heterocycles. The van der Waals surface area contributed by atoms with Gasteiger partial charge in [0.1, 0.15) is 17.2 Å². The average Bonchev–Trinajstić information content (AvgIpc) is 3.42. The summed E-state index contributed by atoms with van der Waals surface area (Å²) in [7, 11) is 3.36. The predicted molar refractivity (Wildman–Crippen MR) is 120 cm³/mol. The summed E-state index contributed by atoms with van der Waals surface area (Å²) in [5, 5.41) is 9.43. The first kappa shape index (κ1) is 19.4. The van der Waals surface area contributed by atoms with E-state index in [1.165, 1.54) is 0 Å². The van der Waals surface area contributed by atoms with Crippen molar-refractivity contribution in [1.29, 1.82) is 0 Å². The standard InChI is InChI=1S/C24H27N5O3/c1-30-20-7-6-17(22(14-20)31-2)15-28-23(21-13-19-5-3-4-10-29(19)25-21)26-32-24(28)16-27-11-8-18(24)9-12-27/h3-7,10,13-14,18H,8-9,11-12,15-16H2,1-2H3/t24-/m1/s1. The molecule has 0 unspecified atom stereocenters. The quantitative estimate of drug-likeness (QED) is 0.617. The summed E-state index contributed by atoms with van der Waals surface area (Å²) in [6.45, 7) is 3.71. The van der Waals surface area contributed by atoms with Crippen LogP contribution in [0.3, 0.4) is 0 Å². The molecule has 4 aliphatic rings. The smallest absolute Gasteiger partial charge is 0.227 e. The zero-order valence-electron chi connectivity index (χ0n) is 18.4. The maximum atomic E-state index is 6.34. The fourth-order valence-corrected chi connectivity index (χ4v) is 5.39. The summed E-state index contributed by atoms with van der Waals surface area (Å²) in [4.78, 5) is 11.1. The van der Waals surface area contributed by atoms with Crippen molar-refractivity contribution in [2.45, 2.75) is 25.1 Å². The number of ether oxygens (including phenoxy) is 2. The summed E-state index contributed by atoms with van der Waals surface area (Å²) >= 11 is 0. The number of hydrogen-bond donors (Lipinski definition) is 0. The molecule has 3 saturated heterocycles. The van der Waals surface area contributed by atoms with Crippen molar-refractivity contribution in [3.05, 3.63) is 59.9 Å². The number of rotatable bonds is 5. The highest BCUT2D eigenvalue weighted by Gasteiger charge is 2.57. The largest absolute Gasteiger partial charge is 0.497 e. The van der Waals surface area contributed by atoms with Gasteiger partial charge in [0.05, 0.1) is 32.8 Å². The molecule has 0 saturated carbocycles. The van der Waals surface area contributed by atoms with Crippen LogP contribution < -0.4 is 9.47 Å². The molecule has 8 nitrogen and oxygen atoms in total. The van der Waals surface area contributed by atoms with Crippen LogP contribution in [0.2, 0.25) is 0 Å². The van der Waals surface area contributed by atoms with E-state index < -0.39 is 5.72 Å². The molecule has 6 heterocycles. The number of benzene rings is 1. The van der Waals surface area contributed by atoms with Gasteiger partial charge >= 0.3 is 0 Å². The molecule has 3 aromatic rings. The van der Waals surface area contributed by atoms with Crippen LogP contribution in [0.15, 0.2) is 53.8 Å². The number of hydrogen-bond acceptors (Lipinski definition) is 7. The van der Waals surface area contributed by atoms with Gasteiger partial charge in [-0.25, -0.2) is 4.52 Å². The second kappa shape index (κ2) is 7.41. The van der Waals surface area contributed by atoms with Gasteiger partial charge in [0, 0.05) is 23.7 Å². The summed E-state index contributed by atoms with van der Waals surface area (Å²) in [5.74, 6) is 2.77. The van der Waals surface area contributed by atoms with Gasteiger partial charge in [-0.15, -0.1) is 0 Å². The Kier molecular flexibility index (Phi) is 4.50. The van der Waals surface area contributed by atoms with Gasteiger partial charge in [-0.2, -0.15) is 5.10 Å². The third-order valence-corrected chi connectivity index (χ3v) is 7.10. The average molecular weight is 434 g/mol. The molecule has 0 aliphatic carbocycles. The molecule has 8 heteroatoms. The Balaban J connectivity index is 1.42. The van der Waals surface area contributed by atoms with E-state index in [9.17, 15) is 0 Å². The zero-order valence-corrected chi connectivity index (χ0v) is 18.4. The van der Waals surface area contributed by atoms with E-state index in [1.54, 1.807) is 14.2 Å². The van der Waals surface area contributed by atoms with Gasteiger partial charge in [0.15, 0.2) is 5.84 Å². The Morgan fingerprint density at radius 3 is 2.69 bits per heavy atom. The van der Waals surface area contributed by atoms with Gasteiger partial charge < -0.3 is 19.2 Å². The number of nitrogens with zero attached hydrogens (tertiary/aromatic N) is 5. The summed E-state index contributed by atoms with van der Waals surface area (Å²) in [5.41, 5.74) is 2.43. The van der Waals surface area contributed by atoms with Gasteiger partial charge in [-0.1, -0.05) is 11.2 Å². The van der Waals surface area contributed by atoms with Gasteiger partial charge in [-0.05, 0) is 56.3 Å². The highest BCUT2D eigenvalue weighted by atomic mass is 16.7. The van der Waals surface area contributed by atoms with E-state index in [-0.39, 0.29) is 0 Å². The molecule has 1 spiro atoms. The number of amidine groups is 1. The van der Waals surface area contributed by atoms with E-state index in [1.807, 2.05) is 41.0 Å². The molecular weight excluding hydrogens is 406 g/mol. The van der Waals surface area contributed by atoms with Crippen LogP contribution >= 0.6 is 0 Å². The number of oxime groups is 1. The number of aromatic nitrogens is 2. The molecule has 0 amide bonds. The Morgan fingerprint density at radius 1 is 1.09 bits per heavy atom. The third-order valence-electron chi connectivity index (χ3n) is 7.10. The molecule has 4 aliphatic heterocycles. The van der Waals surface area contributed by atoms with Crippen LogP contribution in [-0.2, 0) is 11.4 Å². The number of fused-ring (bicyclic) bond motifs is 3. The Bertz CT molecular complexity index is 1150. The summed E-state index contributed by atoms with van der Waals surface area (Å²) in [6, 6.07) is 14.1. The van der Waals surface area contributed by atoms with E-state index in [0.29, 0.717) is 12.5 Å². The lowest BCUT2D eigenvalue weighted by molar-refractivity contribution is -0.198. The lowest BCUT2D eigenvalue weighted by Crippen LogP contribution is -2.66. The first-order valence-corrected chi connectivity index (χ1v) is 11.1. The molecule has 0 radical (unpaired) electrons. The number of pyridine rings is 1. The van der Waals surface area contributed by atoms with Crippen LogP contribution in [0.5, 0.6) is 11.5 Å². The summed E-state index contributed by atoms with van der Waals surface area (Å²) in [6.07, 6.45) is 4.19. The van der Waals surface area contributed by atoms with Crippen molar-refractivity contribution < 1.29 is 14.3 Å². The molecule has 2 bridgehead atoms. The van der Waals surface area contributed by atoms with Crippen molar-refractivity contribution in [1.82, 2.24) is 19.4 Å². The van der Waals surface area contributed by atoms with Crippen molar-refractivity contribution in [2.24, 2.45) is 11.1 Å². The minimum absolute atomic E-state index is 0.426. The highest BCUT2D eigenvalue weighted by Crippen LogP contribution is 2.45. The first-order valence-electron chi connectivity index (χ1n) is 11.1. The molecule has 32 heavy (non-hydrogen) atoms. The fraction of sp³-hybridized carbons (Fsp3) is 0.417. The van der Waals surface area contributed by atoms with E-state index >= 15 is 0 Å². The van der Waals surface area contributed by atoms with Gasteiger partial charge in [0.25, 0.3) is 0 Å². The summed E-state index contributed by atoms with van der Waals surface area (Å²) < 4.78 is 13.0. The van der Waals surface area contributed by atoms with Crippen molar-refractivity contribution in [3.8, 4) is 11.5 Å². The second-order valence-electron chi connectivity index (χ2n) is 8.76. The normalized spacial score (nSPS) is 26.4. The third kappa shape index (κ3) is 2.93. The van der Waals surface area contributed by atoms with Crippen LogP contribution in [0.4, 0.5) is 0 Å². The topological polar surface area (TPSA) is 63.8 Å². The number of methoxy groups -OCH3 is 2. The monoisotopic (exact) mass is 433 g/mol. The molecule has 7 rings (SSSR count). The van der Waals surface area contributed by atoms with Crippen molar-refractivity contribution >= 4 is 11.4 Å². The van der Waals surface area contributed by atoms with Crippen LogP contribution in [0, 0.1) is 5.92 Å². The Morgan fingerprint density at radius 2 is 1.97 bits per heavy atom. The first-order chi connectivity index (χ1) is 15.7.